The summed E-state index contributed by atoms with van der Waals surface area (Å²) in [6.45, 7) is 0. The van der Waals surface area contributed by atoms with Gasteiger partial charge >= 0.3 is 0 Å². The van der Waals surface area contributed by atoms with Crippen LogP contribution in [0.5, 0.6) is 11.5 Å². The standard InChI is InChI=1S/C12H7F2O/c13-9-4-3-5-10(8-9)15-12-7-2-1-6-11(12)14/h1,3-8H. The number of benzene rings is 2. The highest BCUT2D eigenvalue weighted by Crippen LogP contribution is 2.23. The number of hydrogen-bond donors (Lipinski definition) is 0. The Morgan fingerprint density at radius 1 is 1.13 bits per heavy atom. The van der Waals surface area contributed by atoms with E-state index in [0.29, 0.717) is 0 Å². The van der Waals surface area contributed by atoms with Crippen LogP contribution in [-0.2, 0) is 0 Å². The van der Waals surface area contributed by atoms with Crippen LogP contribution in [-0.4, -0.2) is 0 Å². The SMILES string of the molecule is Fc1cccc(Oc2c[c]ccc2F)c1. The van der Waals surface area contributed by atoms with Crippen molar-refractivity contribution in [2.24, 2.45) is 0 Å². The van der Waals surface area contributed by atoms with Gasteiger partial charge in [-0.2, -0.15) is 0 Å². The molecule has 0 N–H and O–H groups in total. The first-order chi connectivity index (χ1) is 7.25. The van der Waals surface area contributed by atoms with Gasteiger partial charge in [-0.25, -0.2) is 8.78 Å². The van der Waals surface area contributed by atoms with Crippen LogP contribution in [0, 0.1) is 17.7 Å². The summed E-state index contributed by atoms with van der Waals surface area (Å²) in [5, 5.41) is 0. The Morgan fingerprint density at radius 2 is 2.00 bits per heavy atom. The Morgan fingerprint density at radius 3 is 2.73 bits per heavy atom. The van der Waals surface area contributed by atoms with E-state index in [4.69, 9.17) is 4.74 Å². The third kappa shape index (κ3) is 2.31. The summed E-state index contributed by atoms with van der Waals surface area (Å²) in [5.41, 5.74) is 0. The van der Waals surface area contributed by atoms with E-state index >= 15 is 0 Å². The zero-order valence-electron chi connectivity index (χ0n) is 7.71. The first-order valence-corrected chi connectivity index (χ1v) is 4.35. The molecule has 0 atom stereocenters. The Bertz CT molecular complexity index is 469. The van der Waals surface area contributed by atoms with E-state index < -0.39 is 11.6 Å². The monoisotopic (exact) mass is 205 g/mol. The highest BCUT2D eigenvalue weighted by Gasteiger charge is 2.03. The van der Waals surface area contributed by atoms with Gasteiger partial charge in [0.1, 0.15) is 11.6 Å². The maximum absolute atomic E-state index is 13.1. The Kier molecular flexibility index (Phi) is 2.63. The highest BCUT2D eigenvalue weighted by molar-refractivity contribution is 5.31. The molecule has 75 valence electrons. The van der Waals surface area contributed by atoms with Crippen molar-refractivity contribution in [1.82, 2.24) is 0 Å². The molecule has 0 aliphatic rings. The van der Waals surface area contributed by atoms with Gasteiger partial charge in [-0.05, 0) is 30.3 Å². The summed E-state index contributed by atoms with van der Waals surface area (Å²) in [6.07, 6.45) is 0. The molecule has 2 aromatic rings. The third-order valence-corrected chi connectivity index (χ3v) is 1.80. The van der Waals surface area contributed by atoms with Crippen LogP contribution < -0.4 is 4.74 Å². The lowest BCUT2D eigenvalue weighted by Gasteiger charge is -2.05. The van der Waals surface area contributed by atoms with Crippen molar-refractivity contribution < 1.29 is 13.5 Å². The molecule has 0 saturated carbocycles. The molecular weight excluding hydrogens is 198 g/mol. The first kappa shape index (κ1) is 9.65. The zero-order chi connectivity index (χ0) is 10.7. The minimum absolute atomic E-state index is 0.0306. The second-order valence-corrected chi connectivity index (χ2v) is 2.92. The minimum Gasteiger partial charge on any atom is -0.454 e. The second kappa shape index (κ2) is 4.09. The molecule has 0 spiro atoms. The summed E-state index contributed by atoms with van der Waals surface area (Å²) in [4.78, 5) is 0. The maximum Gasteiger partial charge on any atom is 0.165 e. The molecule has 0 fully saturated rings. The zero-order valence-corrected chi connectivity index (χ0v) is 7.71. The normalized spacial score (nSPS) is 10.0. The molecule has 15 heavy (non-hydrogen) atoms. The summed E-state index contributed by atoms with van der Waals surface area (Å²) < 4.78 is 31.1. The molecule has 0 saturated heterocycles. The lowest BCUT2D eigenvalue weighted by molar-refractivity contribution is 0.438. The maximum atomic E-state index is 13.1. The van der Waals surface area contributed by atoms with E-state index in [0.717, 1.165) is 0 Å². The molecule has 0 amide bonds. The predicted octanol–water partition coefficient (Wildman–Crippen LogP) is 3.56. The van der Waals surface area contributed by atoms with Crippen molar-refractivity contribution >= 4 is 0 Å². The molecule has 3 heteroatoms. The third-order valence-electron chi connectivity index (χ3n) is 1.80. The Hall–Kier alpha value is -1.90. The van der Waals surface area contributed by atoms with Crippen LogP contribution in [0.4, 0.5) is 8.78 Å². The van der Waals surface area contributed by atoms with E-state index in [1.807, 2.05) is 0 Å². The van der Waals surface area contributed by atoms with Gasteiger partial charge in [-0.15, -0.1) is 0 Å². The first-order valence-electron chi connectivity index (χ1n) is 4.35. The van der Waals surface area contributed by atoms with Crippen molar-refractivity contribution in [1.29, 1.82) is 0 Å². The molecule has 2 rings (SSSR count). The molecular formula is C12H7F2O. The largest absolute Gasteiger partial charge is 0.454 e. The lowest BCUT2D eigenvalue weighted by atomic mass is 10.3. The van der Waals surface area contributed by atoms with E-state index in [9.17, 15) is 8.78 Å². The van der Waals surface area contributed by atoms with Gasteiger partial charge in [-0.1, -0.05) is 12.1 Å². The predicted molar refractivity (Wildman–Crippen MR) is 51.7 cm³/mol. The minimum atomic E-state index is -0.502. The van der Waals surface area contributed by atoms with Gasteiger partial charge in [0.2, 0.25) is 0 Å². The fourth-order valence-corrected chi connectivity index (χ4v) is 1.13. The van der Waals surface area contributed by atoms with Crippen LogP contribution in [0.15, 0.2) is 42.5 Å². The van der Waals surface area contributed by atoms with E-state index in [-0.39, 0.29) is 11.5 Å². The molecule has 1 nitrogen and oxygen atoms in total. The quantitative estimate of drug-likeness (QED) is 0.728. The second-order valence-electron chi connectivity index (χ2n) is 2.92. The fourth-order valence-electron chi connectivity index (χ4n) is 1.13. The van der Waals surface area contributed by atoms with Crippen LogP contribution in [0.25, 0.3) is 0 Å². The number of rotatable bonds is 2. The summed E-state index contributed by atoms with van der Waals surface area (Å²) >= 11 is 0. The van der Waals surface area contributed by atoms with E-state index in [1.165, 1.54) is 36.4 Å². The molecule has 0 aliphatic carbocycles. The summed E-state index contributed by atoms with van der Waals surface area (Å²) in [7, 11) is 0. The van der Waals surface area contributed by atoms with E-state index in [2.05, 4.69) is 6.07 Å². The van der Waals surface area contributed by atoms with Gasteiger partial charge in [-0.3, -0.25) is 0 Å². The van der Waals surface area contributed by atoms with Gasteiger partial charge < -0.3 is 4.74 Å². The van der Waals surface area contributed by atoms with Crippen LogP contribution in [0.3, 0.4) is 0 Å². The van der Waals surface area contributed by atoms with Crippen molar-refractivity contribution in [2.75, 3.05) is 0 Å². The molecule has 0 aliphatic heterocycles. The highest BCUT2D eigenvalue weighted by atomic mass is 19.1. The molecule has 1 radical (unpaired) electrons. The summed E-state index contributed by atoms with van der Waals surface area (Å²) in [6, 6.07) is 12.2. The number of halogens is 2. The van der Waals surface area contributed by atoms with Crippen LogP contribution in [0.1, 0.15) is 0 Å². The molecule has 0 bridgehead atoms. The van der Waals surface area contributed by atoms with E-state index in [1.54, 1.807) is 6.07 Å². The van der Waals surface area contributed by atoms with Gasteiger partial charge in [0.05, 0.1) is 0 Å². The summed E-state index contributed by atoms with van der Waals surface area (Å²) in [5.74, 6) is -0.637. The van der Waals surface area contributed by atoms with Crippen molar-refractivity contribution in [3.05, 3.63) is 60.2 Å². The Balaban J connectivity index is 2.26. The number of hydrogen-bond acceptors (Lipinski definition) is 1. The fraction of sp³-hybridized carbons (Fsp3) is 0. The average molecular weight is 205 g/mol. The molecule has 0 aromatic heterocycles. The van der Waals surface area contributed by atoms with Crippen molar-refractivity contribution in [3.8, 4) is 11.5 Å². The topological polar surface area (TPSA) is 9.23 Å². The van der Waals surface area contributed by atoms with Crippen LogP contribution in [0.2, 0.25) is 0 Å². The molecule has 0 unspecified atom stereocenters. The van der Waals surface area contributed by atoms with Crippen molar-refractivity contribution in [3.63, 3.8) is 0 Å². The van der Waals surface area contributed by atoms with Crippen molar-refractivity contribution in [2.45, 2.75) is 0 Å². The molecule has 2 aromatic carbocycles. The lowest BCUT2D eigenvalue weighted by Crippen LogP contribution is -1.88. The number of ether oxygens (including phenoxy) is 1. The van der Waals surface area contributed by atoms with Gasteiger partial charge in [0.25, 0.3) is 0 Å². The average Bonchev–Trinajstić information content (AvgIpc) is 2.22. The van der Waals surface area contributed by atoms with Crippen LogP contribution >= 0.6 is 0 Å². The Labute approximate surface area is 85.9 Å². The van der Waals surface area contributed by atoms with Gasteiger partial charge in [0, 0.05) is 6.07 Å². The smallest absolute Gasteiger partial charge is 0.165 e. The molecule has 0 heterocycles. The van der Waals surface area contributed by atoms with Gasteiger partial charge in [0.15, 0.2) is 11.6 Å².